The molecule has 3 atom stereocenters. The van der Waals surface area contributed by atoms with Crippen molar-refractivity contribution in [1.29, 1.82) is 0 Å². The summed E-state index contributed by atoms with van der Waals surface area (Å²) in [6, 6.07) is 8.00. The molecule has 4 heterocycles. The van der Waals surface area contributed by atoms with Crippen LogP contribution in [0.5, 0.6) is 0 Å². The Hall–Kier alpha value is -1.99. The molecule has 2 aromatic heterocycles. The Bertz CT molecular complexity index is 719. The second kappa shape index (κ2) is 7.09. The molecule has 2 aliphatic heterocycles. The molecule has 0 aliphatic carbocycles. The molecule has 132 valence electrons. The maximum absolute atomic E-state index is 12.4. The molecule has 0 bridgehead atoms. The summed E-state index contributed by atoms with van der Waals surface area (Å²) in [5.41, 5.74) is 0.915. The van der Waals surface area contributed by atoms with Crippen LogP contribution in [-0.4, -0.2) is 41.4 Å². The van der Waals surface area contributed by atoms with E-state index in [0.717, 1.165) is 42.3 Å². The molecule has 0 aromatic carbocycles. The van der Waals surface area contributed by atoms with Crippen LogP contribution < -0.4 is 10.2 Å². The van der Waals surface area contributed by atoms with Gasteiger partial charge < -0.3 is 15.0 Å². The van der Waals surface area contributed by atoms with Crippen LogP contribution in [0.1, 0.15) is 23.4 Å². The fraction of sp³-hybridized carbons (Fsp3) is 0.500. The fourth-order valence-corrected chi connectivity index (χ4v) is 4.21. The number of piperidine rings is 1. The lowest BCUT2D eigenvalue weighted by molar-refractivity contribution is -0.132. The molecule has 2 fully saturated rings. The molecule has 7 heteroatoms. The fourth-order valence-electron chi connectivity index (χ4n) is 3.57. The van der Waals surface area contributed by atoms with Gasteiger partial charge in [-0.25, -0.2) is 0 Å². The first kappa shape index (κ1) is 16.5. The quantitative estimate of drug-likeness (QED) is 0.907. The van der Waals surface area contributed by atoms with E-state index in [9.17, 15) is 4.79 Å². The van der Waals surface area contributed by atoms with E-state index in [2.05, 4.69) is 20.4 Å². The van der Waals surface area contributed by atoms with Crippen molar-refractivity contribution in [3.8, 4) is 0 Å². The highest BCUT2D eigenvalue weighted by molar-refractivity contribution is 7.09. The zero-order valence-electron chi connectivity index (χ0n) is 14.2. The summed E-state index contributed by atoms with van der Waals surface area (Å²) < 4.78 is 6.07. The van der Waals surface area contributed by atoms with Crippen molar-refractivity contribution in [2.45, 2.75) is 38.5 Å². The minimum atomic E-state index is -0.334. The van der Waals surface area contributed by atoms with E-state index < -0.39 is 0 Å². The number of thiophene rings is 1. The van der Waals surface area contributed by atoms with Gasteiger partial charge in [0.25, 0.3) is 0 Å². The lowest BCUT2D eigenvalue weighted by Gasteiger charge is -2.34. The Morgan fingerprint density at radius 1 is 1.40 bits per heavy atom. The third-order valence-corrected chi connectivity index (χ3v) is 5.85. The van der Waals surface area contributed by atoms with E-state index in [1.54, 1.807) is 11.3 Å². The molecule has 0 saturated carbocycles. The Kier molecular flexibility index (Phi) is 4.67. The van der Waals surface area contributed by atoms with Crippen molar-refractivity contribution in [1.82, 2.24) is 15.5 Å². The first-order valence-corrected chi connectivity index (χ1v) is 9.58. The van der Waals surface area contributed by atoms with Gasteiger partial charge in [-0.1, -0.05) is 6.07 Å². The van der Waals surface area contributed by atoms with E-state index in [1.807, 2.05) is 36.6 Å². The number of nitrogens with one attached hydrogen (secondary N) is 1. The maximum atomic E-state index is 12.4. The number of anilines is 1. The number of aromatic nitrogens is 2. The lowest BCUT2D eigenvalue weighted by atomic mass is 9.91. The minimum Gasteiger partial charge on any atom is -0.363 e. The highest BCUT2D eigenvalue weighted by atomic mass is 32.1. The van der Waals surface area contributed by atoms with Gasteiger partial charge in [-0.05, 0) is 49.3 Å². The van der Waals surface area contributed by atoms with E-state index in [1.165, 1.54) is 0 Å². The van der Waals surface area contributed by atoms with Gasteiger partial charge in [0.2, 0.25) is 5.91 Å². The van der Waals surface area contributed by atoms with Crippen molar-refractivity contribution < 1.29 is 9.53 Å². The summed E-state index contributed by atoms with van der Waals surface area (Å²) in [4.78, 5) is 15.8. The Labute approximate surface area is 151 Å². The number of hydrogen-bond acceptors (Lipinski definition) is 6. The molecule has 0 spiro atoms. The van der Waals surface area contributed by atoms with Crippen molar-refractivity contribution >= 4 is 23.1 Å². The van der Waals surface area contributed by atoms with Crippen LogP contribution in [-0.2, 0) is 16.1 Å². The Morgan fingerprint density at radius 2 is 2.32 bits per heavy atom. The van der Waals surface area contributed by atoms with Crippen LogP contribution in [0.25, 0.3) is 0 Å². The van der Waals surface area contributed by atoms with Gasteiger partial charge in [0.15, 0.2) is 5.82 Å². The summed E-state index contributed by atoms with van der Waals surface area (Å²) in [5, 5.41) is 13.4. The molecule has 2 aliphatic rings. The normalized spacial score (nSPS) is 25.6. The first-order valence-electron chi connectivity index (χ1n) is 8.70. The topological polar surface area (TPSA) is 67.4 Å². The largest absolute Gasteiger partial charge is 0.363 e. The standard InChI is InChI=1S/C18H22N4O2S/c1-12-4-5-17(21-20-12)22-7-6-13-9-15(24-16(13)11-22)18(23)19-10-14-3-2-8-25-14/h2-5,8,13,15-16H,6-7,9-11H2,1H3,(H,19,23)/t13-,15-,16+/m0/s1. The summed E-state index contributed by atoms with van der Waals surface area (Å²) >= 11 is 1.65. The molecule has 6 nitrogen and oxygen atoms in total. The van der Waals surface area contributed by atoms with Crippen LogP contribution in [0.3, 0.4) is 0 Å². The molecule has 0 unspecified atom stereocenters. The monoisotopic (exact) mass is 358 g/mol. The van der Waals surface area contributed by atoms with E-state index in [4.69, 9.17) is 4.74 Å². The van der Waals surface area contributed by atoms with Crippen LogP contribution in [0.15, 0.2) is 29.6 Å². The number of fused-ring (bicyclic) bond motifs is 1. The van der Waals surface area contributed by atoms with Gasteiger partial charge in [-0.3, -0.25) is 4.79 Å². The third kappa shape index (κ3) is 3.67. The predicted molar refractivity (Wildman–Crippen MR) is 96.5 cm³/mol. The maximum Gasteiger partial charge on any atom is 0.249 e. The van der Waals surface area contributed by atoms with Crippen molar-refractivity contribution in [2.24, 2.45) is 5.92 Å². The summed E-state index contributed by atoms with van der Waals surface area (Å²) in [6.07, 6.45) is 1.59. The molecule has 0 radical (unpaired) electrons. The Morgan fingerprint density at radius 3 is 3.08 bits per heavy atom. The van der Waals surface area contributed by atoms with Gasteiger partial charge in [0, 0.05) is 18.0 Å². The van der Waals surface area contributed by atoms with Gasteiger partial charge in [-0.15, -0.1) is 16.4 Å². The predicted octanol–water partition coefficient (Wildman–Crippen LogP) is 2.15. The molecule has 1 N–H and O–H groups in total. The van der Waals surface area contributed by atoms with E-state index >= 15 is 0 Å². The van der Waals surface area contributed by atoms with Crippen molar-refractivity contribution in [3.63, 3.8) is 0 Å². The average molecular weight is 358 g/mol. The van der Waals surface area contributed by atoms with E-state index in [-0.39, 0.29) is 18.1 Å². The van der Waals surface area contributed by atoms with Crippen LogP contribution in [0, 0.1) is 12.8 Å². The number of nitrogens with zero attached hydrogens (tertiary/aromatic N) is 3. The highest BCUT2D eigenvalue weighted by Crippen LogP contribution is 2.34. The SMILES string of the molecule is Cc1ccc(N2CC[C@H]3C[C@@H](C(=O)NCc4cccs4)O[C@@H]3C2)nn1. The second-order valence-corrected chi connectivity index (χ2v) is 7.76. The van der Waals surface area contributed by atoms with Crippen LogP contribution in [0.2, 0.25) is 0 Å². The number of carbonyl (C=O) groups is 1. The van der Waals surface area contributed by atoms with Crippen molar-refractivity contribution in [2.75, 3.05) is 18.0 Å². The van der Waals surface area contributed by atoms with Crippen LogP contribution in [0.4, 0.5) is 5.82 Å². The summed E-state index contributed by atoms with van der Waals surface area (Å²) in [6.45, 7) is 4.22. The summed E-state index contributed by atoms with van der Waals surface area (Å²) in [7, 11) is 0. The first-order chi connectivity index (χ1) is 12.2. The van der Waals surface area contributed by atoms with Crippen molar-refractivity contribution in [3.05, 3.63) is 40.2 Å². The molecule has 2 aromatic rings. The smallest absolute Gasteiger partial charge is 0.249 e. The average Bonchev–Trinajstić information content (AvgIpc) is 3.29. The number of aryl methyl sites for hydroxylation is 1. The van der Waals surface area contributed by atoms with Gasteiger partial charge in [0.1, 0.15) is 6.10 Å². The van der Waals surface area contributed by atoms with Gasteiger partial charge in [0.05, 0.1) is 18.3 Å². The minimum absolute atomic E-state index is 0.00415. The molecular formula is C18H22N4O2S. The second-order valence-electron chi connectivity index (χ2n) is 6.72. The third-order valence-electron chi connectivity index (χ3n) is 4.97. The molecule has 25 heavy (non-hydrogen) atoms. The van der Waals surface area contributed by atoms with E-state index in [0.29, 0.717) is 12.5 Å². The molecule has 4 rings (SSSR count). The molecule has 1 amide bonds. The number of hydrogen-bond donors (Lipinski definition) is 1. The highest BCUT2D eigenvalue weighted by Gasteiger charge is 2.42. The number of amides is 1. The Balaban J connectivity index is 1.33. The summed E-state index contributed by atoms with van der Waals surface area (Å²) in [5.74, 6) is 1.34. The van der Waals surface area contributed by atoms with Crippen LogP contribution >= 0.6 is 11.3 Å². The lowest BCUT2D eigenvalue weighted by Crippen LogP contribution is -2.43. The molecular weight excluding hydrogens is 336 g/mol. The zero-order chi connectivity index (χ0) is 17.2. The number of rotatable bonds is 4. The number of carbonyl (C=O) groups excluding carboxylic acids is 1. The van der Waals surface area contributed by atoms with Gasteiger partial charge >= 0.3 is 0 Å². The van der Waals surface area contributed by atoms with Gasteiger partial charge in [-0.2, -0.15) is 5.10 Å². The molecule has 2 saturated heterocycles. The zero-order valence-corrected chi connectivity index (χ0v) is 15.0. The number of ether oxygens (including phenoxy) is 1.